The van der Waals surface area contributed by atoms with Crippen LogP contribution >= 0.6 is 0 Å². The van der Waals surface area contributed by atoms with Gasteiger partial charge >= 0.3 is 6.09 Å². The summed E-state index contributed by atoms with van der Waals surface area (Å²) in [6.45, 7) is 3.03. The van der Waals surface area contributed by atoms with Gasteiger partial charge in [-0.2, -0.15) is 0 Å². The Morgan fingerprint density at radius 2 is 1.90 bits per heavy atom. The number of aliphatic hydroxyl groups excluding tert-OH is 2. The highest BCUT2D eigenvalue weighted by Gasteiger charge is 2.47. The van der Waals surface area contributed by atoms with Crippen molar-refractivity contribution in [1.82, 2.24) is 29.7 Å². The number of nitrogens with two attached hydrogens (primary N) is 1. The number of ether oxygens (including phenoxy) is 2. The fourth-order valence-electron chi connectivity index (χ4n) is 4.89. The summed E-state index contributed by atoms with van der Waals surface area (Å²) in [6.07, 6.45) is -2.43. The molecule has 208 valence electrons. The van der Waals surface area contributed by atoms with Gasteiger partial charge in [-0.15, -0.1) is 0 Å². The molecule has 2 aromatic heterocycles. The van der Waals surface area contributed by atoms with Gasteiger partial charge in [-0.05, 0) is 49.9 Å². The van der Waals surface area contributed by atoms with E-state index in [1.165, 1.54) is 35.2 Å². The van der Waals surface area contributed by atoms with Crippen molar-refractivity contribution in [1.29, 1.82) is 0 Å². The van der Waals surface area contributed by atoms with Gasteiger partial charge in [0.25, 0.3) is 5.91 Å². The third-order valence-electron chi connectivity index (χ3n) is 6.98. The van der Waals surface area contributed by atoms with Crippen molar-refractivity contribution in [2.45, 2.75) is 50.7 Å². The van der Waals surface area contributed by atoms with Crippen molar-refractivity contribution in [2.24, 2.45) is 5.92 Å². The molecule has 1 aromatic carbocycles. The molecule has 2 amide bonds. The number of nitrogens with one attached hydrogen (secondary N) is 1. The monoisotopic (exact) mass is 543 g/mol. The zero-order chi connectivity index (χ0) is 27.7. The Balaban J connectivity index is 1.25. The highest BCUT2D eigenvalue weighted by Crippen LogP contribution is 2.33. The van der Waals surface area contributed by atoms with Gasteiger partial charge in [0.2, 0.25) is 0 Å². The quantitative estimate of drug-likeness (QED) is 0.347. The number of carbonyl (C=O) groups excluding carboxylic acids is 2. The molecule has 2 aliphatic rings. The lowest BCUT2D eigenvalue weighted by atomic mass is 9.93. The largest absolute Gasteiger partial charge is 0.415 e. The first kappa shape index (κ1) is 26.7. The van der Waals surface area contributed by atoms with E-state index in [0.29, 0.717) is 55.9 Å². The van der Waals surface area contributed by atoms with Crippen molar-refractivity contribution >= 4 is 29.0 Å². The van der Waals surface area contributed by atoms with E-state index in [0.717, 1.165) is 0 Å². The average molecular weight is 544 g/mol. The van der Waals surface area contributed by atoms with Gasteiger partial charge < -0.3 is 35.6 Å². The molecule has 2 aliphatic heterocycles. The van der Waals surface area contributed by atoms with Crippen LogP contribution in [0.25, 0.3) is 11.2 Å². The number of hydrogen-bond acceptors (Lipinski definition) is 10. The molecule has 2 unspecified atom stereocenters. The van der Waals surface area contributed by atoms with Gasteiger partial charge in [0.15, 0.2) is 23.8 Å². The maximum Gasteiger partial charge on any atom is 0.415 e. The van der Waals surface area contributed by atoms with E-state index in [9.17, 15) is 24.2 Å². The summed E-state index contributed by atoms with van der Waals surface area (Å²) in [5, 5.41) is 23.6. The Morgan fingerprint density at radius 3 is 2.59 bits per heavy atom. The molecule has 0 radical (unpaired) electrons. The molecular weight excluding hydrogens is 513 g/mol. The number of piperidine rings is 1. The molecule has 4 heterocycles. The lowest BCUT2D eigenvalue weighted by molar-refractivity contribution is -0.137. The molecule has 4 atom stereocenters. The number of anilines is 1. The summed E-state index contributed by atoms with van der Waals surface area (Å²) in [5.74, 6) is 0.125. The third kappa shape index (κ3) is 5.48. The summed E-state index contributed by atoms with van der Waals surface area (Å²) in [4.78, 5) is 39.6. The topological polar surface area (TPSA) is 178 Å². The first-order valence-corrected chi connectivity index (χ1v) is 12.8. The van der Waals surface area contributed by atoms with Crippen LogP contribution in [0.15, 0.2) is 30.6 Å². The number of amides is 2. The molecule has 14 heteroatoms. The predicted octanol–water partition coefficient (Wildman–Crippen LogP) is 0.756. The Labute approximate surface area is 222 Å². The molecular formula is C25H30FN7O6. The SMILES string of the molecule is CCNC(=O)[C@H]1O[C@@H](n2cnc3c(N)nc(CC4CCN(C(=O)Oc5ccc(F)cc5)CC4)nc32)C(O)C1O. The van der Waals surface area contributed by atoms with E-state index in [1.54, 1.807) is 11.8 Å². The number of benzene rings is 1. The highest BCUT2D eigenvalue weighted by molar-refractivity contribution is 5.83. The van der Waals surface area contributed by atoms with Crippen LogP contribution in [-0.4, -0.2) is 84.6 Å². The molecule has 0 saturated carbocycles. The second-order valence-electron chi connectivity index (χ2n) is 9.63. The lowest BCUT2D eigenvalue weighted by Crippen LogP contribution is -2.42. The van der Waals surface area contributed by atoms with Gasteiger partial charge in [-0.1, -0.05) is 0 Å². The predicted molar refractivity (Wildman–Crippen MR) is 135 cm³/mol. The van der Waals surface area contributed by atoms with E-state index >= 15 is 0 Å². The first-order chi connectivity index (χ1) is 18.7. The van der Waals surface area contributed by atoms with Crippen molar-refractivity contribution in [3.8, 4) is 5.75 Å². The van der Waals surface area contributed by atoms with Gasteiger partial charge in [0, 0.05) is 26.1 Å². The maximum atomic E-state index is 13.1. The van der Waals surface area contributed by atoms with Crippen molar-refractivity contribution in [3.63, 3.8) is 0 Å². The number of hydrogen-bond donors (Lipinski definition) is 4. The van der Waals surface area contributed by atoms with Crippen LogP contribution < -0.4 is 15.8 Å². The van der Waals surface area contributed by atoms with Crippen molar-refractivity contribution in [2.75, 3.05) is 25.4 Å². The number of halogens is 1. The Hall–Kier alpha value is -3.88. The van der Waals surface area contributed by atoms with E-state index in [-0.39, 0.29) is 17.5 Å². The molecule has 0 spiro atoms. The van der Waals surface area contributed by atoms with Crippen LogP contribution in [0.3, 0.4) is 0 Å². The number of likely N-dealkylation sites (tertiary alicyclic amines) is 1. The Bertz CT molecular complexity index is 1340. The number of imidazole rings is 1. The Morgan fingerprint density at radius 1 is 1.18 bits per heavy atom. The fourth-order valence-corrected chi connectivity index (χ4v) is 4.89. The number of carbonyl (C=O) groups is 2. The van der Waals surface area contributed by atoms with Crippen LogP contribution in [0.5, 0.6) is 5.75 Å². The minimum absolute atomic E-state index is 0.155. The van der Waals surface area contributed by atoms with E-state index < -0.39 is 42.4 Å². The molecule has 39 heavy (non-hydrogen) atoms. The molecule has 13 nitrogen and oxygen atoms in total. The zero-order valence-electron chi connectivity index (χ0n) is 21.2. The van der Waals surface area contributed by atoms with Crippen LogP contribution in [0.2, 0.25) is 0 Å². The number of fused-ring (bicyclic) bond motifs is 1. The third-order valence-corrected chi connectivity index (χ3v) is 6.98. The van der Waals surface area contributed by atoms with Crippen LogP contribution in [-0.2, 0) is 16.0 Å². The highest BCUT2D eigenvalue weighted by atomic mass is 19.1. The Kier molecular flexibility index (Phi) is 7.59. The number of nitrogens with zero attached hydrogens (tertiary/aromatic N) is 5. The molecule has 0 bridgehead atoms. The van der Waals surface area contributed by atoms with Crippen LogP contribution in [0.4, 0.5) is 15.0 Å². The molecule has 5 rings (SSSR count). The second-order valence-corrected chi connectivity index (χ2v) is 9.63. The molecule has 3 aromatic rings. The number of nitrogen functional groups attached to an aromatic ring is 1. The summed E-state index contributed by atoms with van der Waals surface area (Å²) < 4.78 is 25.6. The van der Waals surface area contributed by atoms with E-state index in [4.69, 9.17) is 15.2 Å². The average Bonchev–Trinajstić information content (AvgIpc) is 3.47. The lowest BCUT2D eigenvalue weighted by Gasteiger charge is -2.31. The summed E-state index contributed by atoms with van der Waals surface area (Å²) in [7, 11) is 0. The van der Waals surface area contributed by atoms with Gasteiger partial charge in [0.05, 0.1) is 6.33 Å². The number of rotatable bonds is 6. The molecule has 5 N–H and O–H groups in total. The summed E-state index contributed by atoms with van der Waals surface area (Å²) in [5.41, 5.74) is 6.78. The van der Waals surface area contributed by atoms with Crippen LogP contribution in [0.1, 0.15) is 31.8 Å². The van der Waals surface area contributed by atoms with Gasteiger partial charge in [-0.25, -0.2) is 24.1 Å². The normalized spacial score (nSPS) is 23.7. The fraction of sp³-hybridized carbons (Fsp3) is 0.480. The number of likely N-dealkylation sites (N-methyl/N-ethyl adjacent to an activating group) is 1. The summed E-state index contributed by atoms with van der Waals surface area (Å²) >= 11 is 0. The van der Waals surface area contributed by atoms with Crippen molar-refractivity contribution in [3.05, 3.63) is 42.2 Å². The van der Waals surface area contributed by atoms with Gasteiger partial charge in [-0.3, -0.25) is 9.36 Å². The molecule has 2 saturated heterocycles. The second kappa shape index (κ2) is 11.1. The van der Waals surface area contributed by atoms with Gasteiger partial charge in [0.1, 0.15) is 35.1 Å². The van der Waals surface area contributed by atoms with E-state index in [2.05, 4.69) is 20.3 Å². The van der Waals surface area contributed by atoms with E-state index in [1.807, 2.05) is 0 Å². The first-order valence-electron chi connectivity index (χ1n) is 12.8. The minimum atomic E-state index is -1.43. The molecule has 0 aliphatic carbocycles. The molecule has 2 fully saturated rings. The standard InChI is InChI=1S/C25H30FN7O6/c1-2-28-23(36)20-18(34)19(35)24(39-20)33-12-29-17-21(27)30-16(31-22(17)33)11-13-7-9-32(10-8-13)25(37)38-15-5-3-14(26)4-6-15/h3-6,12-13,18-20,24,34-35H,2,7-11H2,1H3,(H,28,36)(H2,27,30,31)/t18?,19?,20-,24+/m0/s1. The maximum absolute atomic E-state index is 13.1. The number of aliphatic hydroxyl groups is 2. The van der Waals surface area contributed by atoms with Crippen molar-refractivity contribution < 1.29 is 33.7 Å². The summed E-state index contributed by atoms with van der Waals surface area (Å²) in [6, 6.07) is 5.26. The van der Waals surface area contributed by atoms with Crippen LogP contribution in [0, 0.1) is 11.7 Å². The number of aromatic nitrogens is 4. The minimum Gasteiger partial charge on any atom is -0.410 e. The zero-order valence-corrected chi connectivity index (χ0v) is 21.2. The smallest absolute Gasteiger partial charge is 0.410 e.